The predicted molar refractivity (Wildman–Crippen MR) is 96.3 cm³/mol. The van der Waals surface area contributed by atoms with Gasteiger partial charge in [0.2, 0.25) is 0 Å². The van der Waals surface area contributed by atoms with E-state index in [0.29, 0.717) is 6.42 Å². The summed E-state index contributed by atoms with van der Waals surface area (Å²) in [5.74, 6) is 0.767. The molecular weight excluding hydrogens is 575 g/mol. The van der Waals surface area contributed by atoms with Crippen molar-refractivity contribution in [3.63, 3.8) is 0 Å². The fraction of sp³-hybridized carbons (Fsp3) is 0.300. The average molecular weight is 600 g/mol. The van der Waals surface area contributed by atoms with Crippen LogP contribution in [-0.2, 0) is 71.4 Å². The number of nitrogens with two attached hydrogens (primary N) is 1. The van der Waals surface area contributed by atoms with Gasteiger partial charge in [-0.05, 0) is 35.8 Å². The number of aliphatic hydroxyl groups excluding tert-OH is 1. The van der Waals surface area contributed by atoms with Crippen LogP contribution < -0.4 is 10.5 Å². The third-order valence-corrected chi connectivity index (χ3v) is 3.59. The Hall–Kier alpha value is -0.378. The third kappa shape index (κ3) is 10.7. The van der Waals surface area contributed by atoms with Crippen molar-refractivity contribution in [2.45, 2.75) is 32.3 Å². The summed E-state index contributed by atoms with van der Waals surface area (Å²) in [5, 5.41) is 9.27. The first-order chi connectivity index (χ1) is 11.6. The van der Waals surface area contributed by atoms with Crippen molar-refractivity contribution < 1.29 is 68.4 Å². The molecule has 3 N–H and O–H groups in total. The summed E-state index contributed by atoms with van der Waals surface area (Å²) in [5.41, 5.74) is 8.49. The summed E-state index contributed by atoms with van der Waals surface area (Å²) in [4.78, 5) is 9.98. The number of hydrogen-bond donors (Lipinski definition) is 2. The maximum absolute atomic E-state index is 9.98. The second-order valence-electron chi connectivity index (χ2n) is 5.22. The first-order valence-electron chi connectivity index (χ1n) is 7.94. The molecule has 1 radical (unpaired) electrons. The maximum atomic E-state index is 9.98. The van der Waals surface area contributed by atoms with Crippen LogP contribution in [0, 0.1) is 6.54 Å². The van der Waals surface area contributed by atoms with Crippen LogP contribution in [0.1, 0.15) is 36.1 Å². The van der Waals surface area contributed by atoms with E-state index in [1.807, 2.05) is 6.29 Å². The summed E-state index contributed by atoms with van der Waals surface area (Å²) < 4.78 is 4.96. The Bertz CT molecular complexity index is 591. The third-order valence-electron chi connectivity index (χ3n) is 3.59. The van der Waals surface area contributed by atoms with Gasteiger partial charge < -0.3 is 20.4 Å². The number of aliphatic hydroxyl groups is 1. The Morgan fingerprint density at radius 2 is 1.65 bits per heavy atom. The Balaban J connectivity index is 0. The summed E-state index contributed by atoms with van der Waals surface area (Å²) in [6.45, 7) is 3.37. The zero-order chi connectivity index (χ0) is 17.8. The van der Waals surface area contributed by atoms with Crippen LogP contribution in [0.5, 0.6) is 5.75 Å². The van der Waals surface area contributed by atoms with E-state index >= 15 is 0 Å². The summed E-state index contributed by atoms with van der Waals surface area (Å²) >= 11 is 0. The number of carbonyl (C=O) groups excluding carboxylic acids is 1. The first-order valence-corrected chi connectivity index (χ1v) is 7.94. The molecule has 0 aliphatic carbocycles. The summed E-state index contributed by atoms with van der Waals surface area (Å²) in [6.07, 6.45) is 3.58. The second-order valence-corrected chi connectivity index (χ2v) is 5.22. The molecule has 0 heterocycles. The zero-order valence-electron chi connectivity index (χ0n) is 15.2. The van der Waals surface area contributed by atoms with Crippen LogP contribution in [0.4, 0.5) is 0 Å². The molecule has 2 rings (SSSR count). The minimum absolute atomic E-state index is 0. The molecule has 2 aromatic rings. The molecule has 0 aromatic heterocycles. The summed E-state index contributed by atoms with van der Waals surface area (Å²) in [6, 6.07) is 15.5. The maximum Gasteiger partial charge on any atom is 0.118 e. The van der Waals surface area contributed by atoms with Gasteiger partial charge in [0.05, 0.1) is 7.11 Å². The van der Waals surface area contributed by atoms with Crippen LogP contribution >= 0.6 is 0 Å². The van der Waals surface area contributed by atoms with Gasteiger partial charge in [-0.1, -0.05) is 55.3 Å². The topological polar surface area (TPSA) is 72.5 Å². The molecule has 26 heavy (non-hydrogen) atoms. The number of aryl methyl sites for hydroxylation is 2. The zero-order valence-corrected chi connectivity index (χ0v) is 21.0. The van der Waals surface area contributed by atoms with Gasteiger partial charge in [-0.2, -0.15) is 0 Å². The van der Waals surface area contributed by atoms with Crippen LogP contribution in [0.15, 0.2) is 48.5 Å². The van der Waals surface area contributed by atoms with E-state index in [4.69, 9.17) is 10.5 Å². The summed E-state index contributed by atoms with van der Waals surface area (Å²) in [7, 11) is 1.60. The van der Waals surface area contributed by atoms with Crippen molar-refractivity contribution in [1.29, 1.82) is 0 Å². The molecule has 0 fully saturated rings. The van der Waals surface area contributed by atoms with E-state index in [1.54, 1.807) is 31.4 Å². The van der Waals surface area contributed by atoms with E-state index in [9.17, 15) is 9.90 Å². The number of hydrogen-bond acceptors (Lipinski definition) is 4. The van der Waals surface area contributed by atoms with Gasteiger partial charge in [-0.15, -0.1) is 6.42 Å². The second kappa shape index (κ2) is 16.8. The van der Waals surface area contributed by atoms with Gasteiger partial charge in [0, 0.05) is 53.8 Å². The normalized spacial score (nSPS) is 10.3. The molecule has 4 nitrogen and oxygen atoms in total. The van der Waals surface area contributed by atoms with Gasteiger partial charge >= 0.3 is 0 Å². The SMILES string of the molecule is CCc1ccc(CC[C-]=O)cc1.COc1ccc(C(O)[CH-]N)cc1.[W].[Y]. The fourth-order valence-corrected chi connectivity index (χ4v) is 2.05. The molecule has 6 heteroatoms. The van der Waals surface area contributed by atoms with Gasteiger partial charge in [0.15, 0.2) is 0 Å². The monoisotopic (exact) mass is 600 g/mol. The molecule has 0 aliphatic rings. The molecule has 0 aliphatic heterocycles. The van der Waals surface area contributed by atoms with Crippen molar-refractivity contribution in [3.05, 3.63) is 71.8 Å². The van der Waals surface area contributed by atoms with Crippen molar-refractivity contribution >= 4 is 6.29 Å². The molecule has 1 atom stereocenters. The van der Waals surface area contributed by atoms with E-state index in [2.05, 4.69) is 31.2 Å². The molecule has 0 saturated carbocycles. The first kappa shape index (κ1) is 27.8. The number of benzene rings is 2. The van der Waals surface area contributed by atoms with Gasteiger partial charge in [0.25, 0.3) is 0 Å². The van der Waals surface area contributed by atoms with Crippen LogP contribution in [-0.4, -0.2) is 18.5 Å². The molecule has 0 amide bonds. The van der Waals surface area contributed by atoms with Crippen molar-refractivity contribution in [1.82, 2.24) is 0 Å². The number of methoxy groups -OCH3 is 1. The Morgan fingerprint density at radius 1 is 1.12 bits per heavy atom. The van der Waals surface area contributed by atoms with E-state index in [0.717, 1.165) is 24.2 Å². The largest absolute Gasteiger partial charge is 0.542 e. The Kier molecular flexibility index (Phi) is 18.0. The van der Waals surface area contributed by atoms with Crippen molar-refractivity contribution in [2.75, 3.05) is 7.11 Å². The fourth-order valence-electron chi connectivity index (χ4n) is 2.05. The molecule has 0 bridgehead atoms. The molecule has 1 unspecified atom stereocenters. The quantitative estimate of drug-likeness (QED) is 0.480. The number of rotatable bonds is 7. The standard InChI is InChI=1S/C11H13O.C9H12NO2.W.Y/c1-2-10-5-7-11(8-6-10)4-3-9-12;1-12-8-4-2-7(3-5-8)9(11)6-10;;/h5-8H,2-4H2,1H3;2-6,9,11H,10H2,1H3;;/q2*-1;;. The van der Waals surface area contributed by atoms with E-state index in [-0.39, 0.29) is 53.8 Å². The number of ether oxygens (including phenoxy) is 1. The van der Waals surface area contributed by atoms with Crippen molar-refractivity contribution in [3.8, 4) is 5.75 Å². The Morgan fingerprint density at radius 3 is 2.08 bits per heavy atom. The minimum atomic E-state index is -0.698. The molecule has 0 saturated heterocycles. The molecular formula is C20H25NO3WY-2. The minimum Gasteiger partial charge on any atom is -0.542 e. The average Bonchev–Trinajstić information content (AvgIpc) is 2.66. The van der Waals surface area contributed by atoms with E-state index < -0.39 is 6.10 Å². The molecule has 139 valence electrons. The predicted octanol–water partition coefficient (Wildman–Crippen LogP) is 3.14. The van der Waals surface area contributed by atoms with Gasteiger partial charge in [-0.25, -0.2) is 6.54 Å². The van der Waals surface area contributed by atoms with Gasteiger partial charge in [0.1, 0.15) is 5.75 Å². The smallest absolute Gasteiger partial charge is 0.118 e. The van der Waals surface area contributed by atoms with Crippen LogP contribution in [0.3, 0.4) is 0 Å². The Labute approximate surface area is 196 Å². The van der Waals surface area contributed by atoms with Gasteiger partial charge in [-0.3, -0.25) is 6.29 Å². The molecule has 0 spiro atoms. The van der Waals surface area contributed by atoms with Crippen LogP contribution in [0.25, 0.3) is 0 Å². The van der Waals surface area contributed by atoms with E-state index in [1.165, 1.54) is 17.7 Å². The van der Waals surface area contributed by atoms with Crippen LogP contribution in [0.2, 0.25) is 0 Å². The van der Waals surface area contributed by atoms with Crippen molar-refractivity contribution in [2.24, 2.45) is 5.73 Å². The molecule has 2 aromatic carbocycles.